The van der Waals surface area contributed by atoms with E-state index in [0.29, 0.717) is 11.7 Å². The number of nitrogens with zero attached hydrogens (tertiary/aromatic N) is 1. The molecule has 90 valence electrons. The number of nitro groups is 1. The van der Waals surface area contributed by atoms with Gasteiger partial charge >= 0.3 is 5.97 Å². The van der Waals surface area contributed by atoms with Gasteiger partial charge in [-0.3, -0.25) is 10.1 Å². The van der Waals surface area contributed by atoms with Crippen molar-refractivity contribution >= 4 is 17.3 Å². The summed E-state index contributed by atoms with van der Waals surface area (Å²) in [6.45, 7) is 0. The highest BCUT2D eigenvalue weighted by Gasteiger charge is 2.22. The Bertz CT molecular complexity index is 469. The van der Waals surface area contributed by atoms with Crippen LogP contribution in [0.15, 0.2) is 18.2 Å². The van der Waals surface area contributed by atoms with E-state index in [1.54, 1.807) is 6.07 Å². The van der Waals surface area contributed by atoms with Crippen molar-refractivity contribution in [2.75, 3.05) is 5.32 Å². The molecule has 0 heterocycles. The van der Waals surface area contributed by atoms with Crippen LogP contribution in [0.5, 0.6) is 0 Å². The smallest absolute Gasteiger partial charge is 0.342 e. The van der Waals surface area contributed by atoms with E-state index in [9.17, 15) is 14.9 Å². The van der Waals surface area contributed by atoms with E-state index in [1.165, 1.54) is 12.1 Å². The lowest BCUT2D eigenvalue weighted by Gasteiger charge is -2.27. The van der Waals surface area contributed by atoms with Crippen LogP contribution in [0, 0.1) is 10.1 Å². The lowest BCUT2D eigenvalue weighted by atomic mass is 9.93. The summed E-state index contributed by atoms with van der Waals surface area (Å²) in [5.41, 5.74) is -0.0336. The number of carboxylic acid groups (broad SMARTS) is 1. The third-order valence-corrected chi connectivity index (χ3v) is 2.90. The Morgan fingerprint density at radius 3 is 2.65 bits per heavy atom. The van der Waals surface area contributed by atoms with Gasteiger partial charge in [-0.1, -0.05) is 0 Å². The van der Waals surface area contributed by atoms with Crippen molar-refractivity contribution in [1.29, 1.82) is 0 Å². The minimum absolute atomic E-state index is 0.278. The van der Waals surface area contributed by atoms with Crippen molar-refractivity contribution in [2.24, 2.45) is 0 Å². The first kappa shape index (κ1) is 11.4. The van der Waals surface area contributed by atoms with Crippen LogP contribution in [0.25, 0.3) is 0 Å². The normalized spacial score (nSPS) is 15.1. The standard InChI is InChI=1S/C11H12N2O4/c14-11(15)9-6-8(12-7-2-1-3-7)4-5-10(9)13(16)17/h4-7,12H,1-3H2,(H,14,15). The highest BCUT2D eigenvalue weighted by Crippen LogP contribution is 2.27. The van der Waals surface area contributed by atoms with E-state index in [2.05, 4.69) is 5.32 Å². The predicted molar refractivity (Wildman–Crippen MR) is 61.3 cm³/mol. The number of hydrogen-bond donors (Lipinski definition) is 2. The fourth-order valence-corrected chi connectivity index (χ4v) is 1.74. The summed E-state index contributed by atoms with van der Waals surface area (Å²) >= 11 is 0. The second-order valence-electron chi connectivity index (χ2n) is 4.07. The fraction of sp³-hybridized carbons (Fsp3) is 0.364. The van der Waals surface area contributed by atoms with Crippen LogP contribution in [0.3, 0.4) is 0 Å². The average molecular weight is 236 g/mol. The number of benzene rings is 1. The molecule has 1 aliphatic carbocycles. The molecule has 0 amide bonds. The first-order chi connectivity index (χ1) is 8.08. The average Bonchev–Trinajstić information content (AvgIpc) is 2.23. The van der Waals surface area contributed by atoms with Gasteiger partial charge in [-0.15, -0.1) is 0 Å². The molecule has 0 bridgehead atoms. The molecule has 17 heavy (non-hydrogen) atoms. The third-order valence-electron chi connectivity index (χ3n) is 2.90. The Balaban J connectivity index is 2.27. The lowest BCUT2D eigenvalue weighted by Crippen LogP contribution is -2.27. The molecule has 0 aromatic heterocycles. The molecule has 1 aromatic carbocycles. The Hall–Kier alpha value is -2.11. The van der Waals surface area contributed by atoms with Gasteiger partial charge in [0.05, 0.1) is 4.92 Å². The molecule has 0 saturated heterocycles. The lowest BCUT2D eigenvalue weighted by molar-refractivity contribution is -0.385. The molecule has 1 saturated carbocycles. The van der Waals surface area contributed by atoms with E-state index in [0.717, 1.165) is 19.3 Å². The summed E-state index contributed by atoms with van der Waals surface area (Å²) in [6.07, 6.45) is 3.27. The van der Waals surface area contributed by atoms with E-state index in [1.807, 2.05) is 0 Å². The summed E-state index contributed by atoms with van der Waals surface area (Å²) in [5.74, 6) is -1.28. The third kappa shape index (κ3) is 2.35. The number of carboxylic acids is 1. The molecule has 0 unspecified atom stereocenters. The number of hydrogen-bond acceptors (Lipinski definition) is 4. The van der Waals surface area contributed by atoms with Crippen molar-refractivity contribution < 1.29 is 14.8 Å². The number of carbonyl (C=O) groups is 1. The molecule has 0 atom stereocenters. The number of anilines is 1. The van der Waals surface area contributed by atoms with Gasteiger partial charge in [0.15, 0.2) is 0 Å². The molecular formula is C11H12N2O4. The zero-order chi connectivity index (χ0) is 12.4. The van der Waals surface area contributed by atoms with Gasteiger partial charge < -0.3 is 10.4 Å². The van der Waals surface area contributed by atoms with Gasteiger partial charge in [-0.05, 0) is 31.4 Å². The molecule has 0 aliphatic heterocycles. The number of nitrogens with one attached hydrogen (secondary N) is 1. The molecule has 2 N–H and O–H groups in total. The van der Waals surface area contributed by atoms with Crippen LogP contribution in [-0.2, 0) is 0 Å². The molecule has 0 spiro atoms. The highest BCUT2D eigenvalue weighted by atomic mass is 16.6. The molecule has 2 rings (SSSR count). The zero-order valence-corrected chi connectivity index (χ0v) is 9.05. The van der Waals surface area contributed by atoms with E-state index < -0.39 is 10.9 Å². The fourth-order valence-electron chi connectivity index (χ4n) is 1.74. The van der Waals surface area contributed by atoms with Gasteiger partial charge in [0.1, 0.15) is 5.56 Å². The molecule has 6 nitrogen and oxygen atoms in total. The highest BCUT2D eigenvalue weighted by molar-refractivity contribution is 5.93. The van der Waals surface area contributed by atoms with Crippen LogP contribution in [0.2, 0.25) is 0 Å². The summed E-state index contributed by atoms with van der Waals surface area (Å²) in [7, 11) is 0. The molecule has 6 heteroatoms. The van der Waals surface area contributed by atoms with Gasteiger partial charge in [0, 0.05) is 17.8 Å². The summed E-state index contributed by atoms with van der Waals surface area (Å²) in [5, 5.41) is 22.7. The van der Waals surface area contributed by atoms with Crippen molar-refractivity contribution in [2.45, 2.75) is 25.3 Å². The Labute approximate surface area is 97.4 Å². The van der Waals surface area contributed by atoms with Crippen molar-refractivity contribution in [3.8, 4) is 0 Å². The van der Waals surface area contributed by atoms with Gasteiger partial charge in [0.2, 0.25) is 0 Å². The second-order valence-corrected chi connectivity index (χ2v) is 4.07. The van der Waals surface area contributed by atoms with E-state index in [4.69, 9.17) is 5.11 Å². The quantitative estimate of drug-likeness (QED) is 0.617. The SMILES string of the molecule is O=C(O)c1cc(NC2CCC2)ccc1[N+](=O)[O-]. The van der Waals surface area contributed by atoms with Crippen LogP contribution < -0.4 is 5.32 Å². The van der Waals surface area contributed by atoms with Crippen LogP contribution in [0.4, 0.5) is 11.4 Å². The van der Waals surface area contributed by atoms with Crippen molar-refractivity contribution in [3.63, 3.8) is 0 Å². The first-order valence-corrected chi connectivity index (χ1v) is 5.36. The molecule has 1 aliphatic rings. The number of nitro benzene ring substituents is 1. The maximum atomic E-state index is 10.9. The maximum Gasteiger partial charge on any atom is 0.342 e. The number of aromatic carboxylic acids is 1. The van der Waals surface area contributed by atoms with E-state index in [-0.39, 0.29) is 11.3 Å². The van der Waals surface area contributed by atoms with Gasteiger partial charge in [-0.25, -0.2) is 4.79 Å². The Morgan fingerprint density at radius 2 is 2.18 bits per heavy atom. The van der Waals surface area contributed by atoms with Crippen molar-refractivity contribution in [3.05, 3.63) is 33.9 Å². The second kappa shape index (κ2) is 4.40. The molecule has 1 aromatic rings. The van der Waals surface area contributed by atoms with Crippen LogP contribution in [-0.4, -0.2) is 22.0 Å². The first-order valence-electron chi connectivity index (χ1n) is 5.36. The van der Waals surface area contributed by atoms with Crippen LogP contribution >= 0.6 is 0 Å². The summed E-state index contributed by atoms with van der Waals surface area (Å²) in [6, 6.07) is 4.45. The summed E-state index contributed by atoms with van der Waals surface area (Å²) in [4.78, 5) is 20.9. The minimum atomic E-state index is -1.28. The molecule has 0 radical (unpaired) electrons. The molecular weight excluding hydrogens is 224 g/mol. The van der Waals surface area contributed by atoms with E-state index >= 15 is 0 Å². The maximum absolute atomic E-state index is 10.9. The minimum Gasteiger partial charge on any atom is -0.477 e. The van der Waals surface area contributed by atoms with Crippen molar-refractivity contribution in [1.82, 2.24) is 0 Å². The van der Waals surface area contributed by atoms with Gasteiger partial charge in [0.25, 0.3) is 5.69 Å². The topological polar surface area (TPSA) is 92.5 Å². The predicted octanol–water partition coefficient (Wildman–Crippen LogP) is 2.26. The summed E-state index contributed by atoms with van der Waals surface area (Å²) < 4.78 is 0. The Morgan fingerprint density at radius 1 is 1.47 bits per heavy atom. The Kier molecular flexibility index (Phi) is 2.95. The van der Waals surface area contributed by atoms with Gasteiger partial charge in [-0.2, -0.15) is 0 Å². The largest absolute Gasteiger partial charge is 0.477 e. The zero-order valence-electron chi connectivity index (χ0n) is 9.05. The van der Waals surface area contributed by atoms with Crippen LogP contribution in [0.1, 0.15) is 29.6 Å². The number of rotatable bonds is 4. The monoisotopic (exact) mass is 236 g/mol. The molecule has 1 fully saturated rings.